The van der Waals surface area contributed by atoms with E-state index in [0.29, 0.717) is 12.8 Å². The zero-order chi connectivity index (χ0) is 11.4. The summed E-state index contributed by atoms with van der Waals surface area (Å²) in [6.07, 6.45) is 1.52. The average Bonchev–Trinajstić information content (AvgIpc) is 2.19. The van der Waals surface area contributed by atoms with Crippen LogP contribution in [0.1, 0.15) is 26.7 Å². The second-order valence-corrected chi connectivity index (χ2v) is 3.08. The third-order valence-corrected chi connectivity index (χ3v) is 1.85. The minimum Gasteiger partial charge on any atom is -0.854 e. The maximum atomic E-state index is 9.82. The topological polar surface area (TPSA) is 64.6 Å². The molecule has 15 heavy (non-hydrogen) atoms. The molecule has 97 valence electrons. The Hall–Kier alpha value is 0.359. The summed E-state index contributed by atoms with van der Waals surface area (Å²) in [7, 11) is 3.22. The molecule has 0 rings (SSSR count). The molecule has 0 aromatic carbocycles. The minimum atomic E-state index is -0.0327. The van der Waals surface area contributed by atoms with E-state index in [1.54, 1.807) is 14.2 Å². The van der Waals surface area contributed by atoms with Gasteiger partial charge in [-0.3, -0.25) is 0 Å². The van der Waals surface area contributed by atoms with Crippen LogP contribution in [0, 0.1) is 0 Å². The summed E-state index contributed by atoms with van der Waals surface area (Å²) in [5.74, 6) is 0. The van der Waals surface area contributed by atoms with Crippen molar-refractivity contribution in [1.82, 2.24) is 0 Å². The van der Waals surface area contributed by atoms with Crippen LogP contribution in [-0.4, -0.2) is 39.6 Å². The van der Waals surface area contributed by atoms with Gasteiger partial charge in [-0.1, -0.05) is 0 Å². The largest absolute Gasteiger partial charge is 2.00 e. The second-order valence-electron chi connectivity index (χ2n) is 3.08. The molecule has 0 fully saturated rings. The van der Waals surface area contributed by atoms with Crippen molar-refractivity contribution >= 4 is 0 Å². The van der Waals surface area contributed by atoms with Gasteiger partial charge in [-0.2, -0.15) is 0 Å². The summed E-state index contributed by atoms with van der Waals surface area (Å²) in [5.41, 5.74) is 0. The van der Waals surface area contributed by atoms with Gasteiger partial charge in [0.15, 0.2) is 0 Å². The molecule has 0 aliphatic carbocycles. The van der Waals surface area contributed by atoms with Gasteiger partial charge in [-0.15, -0.1) is 13.2 Å². The zero-order valence-corrected chi connectivity index (χ0v) is 10.9. The summed E-state index contributed by atoms with van der Waals surface area (Å²) in [5, 5.41) is 19.6. The summed E-state index contributed by atoms with van der Waals surface area (Å²) in [6.45, 7) is 3.71. The van der Waals surface area contributed by atoms with Gasteiger partial charge in [-0.25, -0.2) is 0 Å². The van der Waals surface area contributed by atoms with Gasteiger partial charge in [0.2, 0.25) is 0 Å². The molecule has 5 heteroatoms. The summed E-state index contributed by atoms with van der Waals surface area (Å²) in [6, 6.07) is 0. The van der Waals surface area contributed by atoms with Crippen molar-refractivity contribution in [2.45, 2.75) is 38.9 Å². The predicted octanol–water partition coefficient (Wildman–Crippen LogP) is -0.459. The van der Waals surface area contributed by atoms with E-state index in [9.17, 15) is 10.2 Å². The van der Waals surface area contributed by atoms with E-state index in [4.69, 9.17) is 9.47 Å². The Labute approximate surface area is 103 Å². The van der Waals surface area contributed by atoms with Gasteiger partial charge in [0.1, 0.15) is 0 Å². The van der Waals surface area contributed by atoms with Gasteiger partial charge in [0.05, 0.1) is 12.2 Å². The molecule has 0 saturated heterocycles. The number of hydrogen-bond acceptors (Lipinski definition) is 4. The van der Waals surface area contributed by atoms with Gasteiger partial charge >= 0.3 is 17.1 Å². The first-order valence-electron chi connectivity index (χ1n) is 4.84. The fourth-order valence-electron chi connectivity index (χ4n) is 0.568. The number of ether oxygens (including phenoxy) is 2. The number of methoxy groups -OCH3 is 2. The van der Waals surface area contributed by atoms with Gasteiger partial charge in [0.25, 0.3) is 0 Å². The molecular formula is C10H22CuO4. The number of hydrogen-bond donors (Lipinski definition) is 0. The summed E-state index contributed by atoms with van der Waals surface area (Å²) in [4.78, 5) is 0. The smallest absolute Gasteiger partial charge is 0.854 e. The van der Waals surface area contributed by atoms with Gasteiger partial charge in [0, 0.05) is 14.2 Å². The van der Waals surface area contributed by atoms with Crippen LogP contribution >= 0.6 is 0 Å². The molecule has 2 atom stereocenters. The van der Waals surface area contributed by atoms with Crippen LogP contribution in [0.25, 0.3) is 0 Å². The SMILES string of the molecule is COC(C)CC[O-].COC(C)CC[O-].[Cu+2]. The molecule has 2 unspecified atom stereocenters. The maximum absolute atomic E-state index is 9.82. The molecule has 0 heterocycles. The molecule has 0 aromatic heterocycles. The average molecular weight is 270 g/mol. The molecule has 4 nitrogen and oxygen atoms in total. The van der Waals surface area contributed by atoms with E-state index in [-0.39, 0.29) is 42.5 Å². The minimum absolute atomic E-state index is 0. The van der Waals surface area contributed by atoms with Crippen LogP contribution in [-0.2, 0) is 26.5 Å². The number of rotatable bonds is 6. The van der Waals surface area contributed by atoms with Crippen molar-refractivity contribution in [3.05, 3.63) is 0 Å². The van der Waals surface area contributed by atoms with E-state index < -0.39 is 0 Å². The van der Waals surface area contributed by atoms with E-state index in [0.717, 1.165) is 0 Å². The van der Waals surface area contributed by atoms with Crippen molar-refractivity contribution < 1.29 is 36.8 Å². The molecule has 0 bridgehead atoms. The molecule has 0 N–H and O–H groups in total. The third-order valence-electron chi connectivity index (χ3n) is 1.85. The Morgan fingerprint density at radius 3 is 1.20 bits per heavy atom. The van der Waals surface area contributed by atoms with E-state index in [2.05, 4.69) is 0 Å². The Morgan fingerprint density at radius 1 is 0.867 bits per heavy atom. The zero-order valence-electron chi connectivity index (χ0n) is 9.92. The summed E-state index contributed by atoms with van der Waals surface area (Å²) >= 11 is 0. The van der Waals surface area contributed by atoms with Crippen molar-refractivity contribution in [2.24, 2.45) is 0 Å². The van der Waals surface area contributed by atoms with Crippen LogP contribution in [0.15, 0.2) is 0 Å². The van der Waals surface area contributed by atoms with Crippen LogP contribution < -0.4 is 10.2 Å². The molecule has 0 spiro atoms. The molecular weight excluding hydrogens is 248 g/mol. The quantitative estimate of drug-likeness (QED) is 0.612. The standard InChI is InChI=1S/2C5H11O2.Cu/c2*1-5(7-2)3-4-6;/h2*5H,3-4H2,1-2H3;/q2*-1;+2. The fraction of sp³-hybridized carbons (Fsp3) is 1.00. The van der Waals surface area contributed by atoms with Crippen molar-refractivity contribution in [1.29, 1.82) is 0 Å². The van der Waals surface area contributed by atoms with E-state index in [1.807, 2.05) is 13.8 Å². The molecule has 1 radical (unpaired) electrons. The fourth-order valence-corrected chi connectivity index (χ4v) is 0.568. The van der Waals surface area contributed by atoms with E-state index in [1.165, 1.54) is 0 Å². The summed E-state index contributed by atoms with van der Waals surface area (Å²) < 4.78 is 9.58. The molecule has 0 aliphatic rings. The van der Waals surface area contributed by atoms with Crippen LogP contribution in [0.3, 0.4) is 0 Å². The van der Waals surface area contributed by atoms with Crippen LogP contribution in [0.5, 0.6) is 0 Å². The first kappa shape index (κ1) is 20.7. The third kappa shape index (κ3) is 20.4. The molecule has 0 saturated carbocycles. The second kappa shape index (κ2) is 16.8. The Balaban J connectivity index is -0.000000180. The normalized spacial score (nSPS) is 13.2. The predicted molar refractivity (Wildman–Crippen MR) is 51.9 cm³/mol. The molecule has 0 aromatic rings. The molecule has 0 aliphatic heterocycles. The molecule has 0 amide bonds. The Bertz CT molecular complexity index is 91.4. The van der Waals surface area contributed by atoms with E-state index >= 15 is 0 Å². The van der Waals surface area contributed by atoms with Crippen molar-refractivity contribution in [2.75, 3.05) is 27.4 Å². The maximum Gasteiger partial charge on any atom is 2.00 e. The van der Waals surface area contributed by atoms with Crippen molar-refractivity contribution in [3.63, 3.8) is 0 Å². The first-order valence-corrected chi connectivity index (χ1v) is 4.84. The van der Waals surface area contributed by atoms with Crippen LogP contribution in [0.4, 0.5) is 0 Å². The van der Waals surface area contributed by atoms with Gasteiger partial charge in [-0.05, 0) is 26.7 Å². The Kier molecular flexibility index (Phi) is 23.2. The van der Waals surface area contributed by atoms with Crippen LogP contribution in [0.2, 0.25) is 0 Å². The van der Waals surface area contributed by atoms with Crippen molar-refractivity contribution in [3.8, 4) is 0 Å². The Morgan fingerprint density at radius 2 is 1.13 bits per heavy atom. The van der Waals surface area contributed by atoms with Gasteiger partial charge < -0.3 is 19.7 Å². The monoisotopic (exact) mass is 269 g/mol. The first-order chi connectivity index (χ1) is 6.62.